The van der Waals surface area contributed by atoms with E-state index in [2.05, 4.69) is 28.0 Å². The Balaban J connectivity index is 1.51. The minimum absolute atomic E-state index is 0.313. The summed E-state index contributed by atoms with van der Waals surface area (Å²) >= 11 is 6.36. The molecule has 0 radical (unpaired) electrons. The average Bonchev–Trinajstić information content (AvgIpc) is 2.73. The molecular weight excluding hydrogens is 372 g/mol. The van der Waals surface area contributed by atoms with E-state index < -0.39 is 0 Å². The molecule has 0 spiro atoms. The molecule has 1 aliphatic rings. The lowest BCUT2D eigenvalue weighted by molar-refractivity contribution is 0.562. The number of piperazine rings is 1. The fourth-order valence-corrected chi connectivity index (χ4v) is 4.29. The summed E-state index contributed by atoms with van der Waals surface area (Å²) in [6.45, 7) is 3.32. The Morgan fingerprint density at radius 1 is 0.750 bits per heavy atom. The SMILES string of the molecule is O=c1cc(N2CCN(c3ccccc3Cl)CC2)c2ccc3ccccc3c2o1. The normalized spacial score (nSPS) is 14.8. The van der Waals surface area contributed by atoms with Gasteiger partial charge in [0, 0.05) is 43.0 Å². The zero-order valence-electron chi connectivity index (χ0n) is 15.3. The molecule has 0 bridgehead atoms. The molecule has 0 aliphatic carbocycles. The van der Waals surface area contributed by atoms with Crippen molar-refractivity contribution in [1.29, 1.82) is 0 Å². The molecule has 2 heterocycles. The lowest BCUT2D eigenvalue weighted by atomic mass is 10.1. The minimum atomic E-state index is -0.313. The molecule has 0 unspecified atom stereocenters. The van der Waals surface area contributed by atoms with Crippen LogP contribution in [0.4, 0.5) is 11.4 Å². The number of hydrogen-bond acceptors (Lipinski definition) is 4. The van der Waals surface area contributed by atoms with Gasteiger partial charge in [-0.3, -0.25) is 0 Å². The van der Waals surface area contributed by atoms with Gasteiger partial charge in [0.2, 0.25) is 0 Å². The number of anilines is 2. The van der Waals surface area contributed by atoms with E-state index in [1.54, 1.807) is 6.07 Å². The summed E-state index contributed by atoms with van der Waals surface area (Å²) in [5.74, 6) is 0. The zero-order chi connectivity index (χ0) is 19.1. The Labute approximate surface area is 167 Å². The summed E-state index contributed by atoms with van der Waals surface area (Å²) in [6, 6.07) is 21.7. The van der Waals surface area contributed by atoms with Gasteiger partial charge in [-0.05, 0) is 23.6 Å². The van der Waals surface area contributed by atoms with Crippen molar-refractivity contribution in [2.75, 3.05) is 36.0 Å². The van der Waals surface area contributed by atoms with E-state index in [1.807, 2.05) is 42.5 Å². The molecule has 5 heteroatoms. The van der Waals surface area contributed by atoms with Gasteiger partial charge in [0.15, 0.2) is 0 Å². The van der Waals surface area contributed by atoms with Crippen LogP contribution in [0.2, 0.25) is 5.02 Å². The molecule has 0 atom stereocenters. The minimum Gasteiger partial charge on any atom is -0.422 e. The van der Waals surface area contributed by atoms with Gasteiger partial charge in [-0.25, -0.2) is 4.79 Å². The first-order valence-corrected chi connectivity index (χ1v) is 9.78. The number of benzene rings is 3. The standard InChI is InChI=1S/C23H19ClN2O2/c24-19-7-3-4-8-20(19)25-11-13-26(14-12-25)21-15-22(27)28-23-17-6-2-1-5-16(17)9-10-18(21)23/h1-10,15H,11-14H2. The molecule has 0 amide bonds. The highest BCUT2D eigenvalue weighted by molar-refractivity contribution is 6.33. The molecule has 1 aliphatic heterocycles. The van der Waals surface area contributed by atoms with Crippen molar-refractivity contribution < 1.29 is 4.42 Å². The highest BCUT2D eigenvalue weighted by Crippen LogP contribution is 2.32. The van der Waals surface area contributed by atoms with Crippen molar-refractivity contribution in [3.63, 3.8) is 0 Å². The number of halogens is 1. The largest absolute Gasteiger partial charge is 0.422 e. The molecule has 5 rings (SSSR count). The third-order valence-corrected chi connectivity index (χ3v) is 5.75. The quantitative estimate of drug-likeness (QED) is 0.359. The Kier molecular flexibility index (Phi) is 4.21. The predicted molar refractivity (Wildman–Crippen MR) is 116 cm³/mol. The molecule has 28 heavy (non-hydrogen) atoms. The smallest absolute Gasteiger partial charge is 0.338 e. The van der Waals surface area contributed by atoms with Crippen molar-refractivity contribution in [3.05, 3.63) is 82.2 Å². The molecule has 1 fully saturated rings. The fraction of sp³-hybridized carbons (Fsp3) is 0.174. The molecule has 3 aromatic carbocycles. The van der Waals surface area contributed by atoms with E-state index in [4.69, 9.17) is 16.0 Å². The Morgan fingerprint density at radius 2 is 1.43 bits per heavy atom. The molecule has 4 nitrogen and oxygen atoms in total. The summed E-state index contributed by atoms with van der Waals surface area (Å²) in [5, 5.41) is 3.78. The third kappa shape index (κ3) is 2.90. The van der Waals surface area contributed by atoms with E-state index in [0.717, 1.165) is 58.7 Å². The maximum atomic E-state index is 12.3. The third-order valence-electron chi connectivity index (χ3n) is 5.43. The van der Waals surface area contributed by atoms with Crippen LogP contribution in [0.3, 0.4) is 0 Å². The highest BCUT2D eigenvalue weighted by Gasteiger charge is 2.21. The first-order valence-electron chi connectivity index (χ1n) is 9.41. The first-order chi connectivity index (χ1) is 13.7. The molecule has 0 saturated carbocycles. The van der Waals surface area contributed by atoms with Crippen molar-refractivity contribution in [2.45, 2.75) is 0 Å². The molecule has 4 aromatic rings. The fourth-order valence-electron chi connectivity index (χ4n) is 4.03. The lowest BCUT2D eigenvalue weighted by Gasteiger charge is -2.38. The Hall–Kier alpha value is -2.98. The topological polar surface area (TPSA) is 36.7 Å². The van der Waals surface area contributed by atoms with Crippen molar-refractivity contribution in [1.82, 2.24) is 0 Å². The van der Waals surface area contributed by atoms with E-state index in [9.17, 15) is 4.79 Å². The zero-order valence-corrected chi connectivity index (χ0v) is 16.0. The molecule has 1 aromatic heterocycles. The number of rotatable bonds is 2. The van der Waals surface area contributed by atoms with Crippen LogP contribution in [-0.2, 0) is 0 Å². The predicted octanol–water partition coefficient (Wildman–Crippen LogP) is 4.93. The van der Waals surface area contributed by atoms with Gasteiger partial charge in [0.05, 0.1) is 16.4 Å². The van der Waals surface area contributed by atoms with Gasteiger partial charge in [0.25, 0.3) is 0 Å². The first kappa shape index (κ1) is 17.1. The van der Waals surface area contributed by atoms with Gasteiger partial charge >= 0.3 is 5.63 Å². The van der Waals surface area contributed by atoms with Crippen LogP contribution in [0.25, 0.3) is 21.7 Å². The molecular formula is C23H19ClN2O2. The van der Waals surface area contributed by atoms with Gasteiger partial charge < -0.3 is 14.2 Å². The molecule has 0 N–H and O–H groups in total. The van der Waals surface area contributed by atoms with E-state index >= 15 is 0 Å². The highest BCUT2D eigenvalue weighted by atomic mass is 35.5. The van der Waals surface area contributed by atoms with E-state index in [-0.39, 0.29) is 5.63 Å². The number of fused-ring (bicyclic) bond motifs is 3. The van der Waals surface area contributed by atoms with Crippen LogP contribution in [-0.4, -0.2) is 26.2 Å². The maximum Gasteiger partial charge on any atom is 0.338 e. The van der Waals surface area contributed by atoms with Crippen LogP contribution >= 0.6 is 11.6 Å². The van der Waals surface area contributed by atoms with Crippen LogP contribution in [0, 0.1) is 0 Å². The van der Waals surface area contributed by atoms with Crippen LogP contribution < -0.4 is 15.4 Å². The summed E-state index contributed by atoms with van der Waals surface area (Å²) in [4.78, 5) is 16.9. The second-order valence-corrected chi connectivity index (χ2v) is 7.45. The summed E-state index contributed by atoms with van der Waals surface area (Å²) in [5.41, 5.74) is 2.35. The summed E-state index contributed by atoms with van der Waals surface area (Å²) in [7, 11) is 0. The summed E-state index contributed by atoms with van der Waals surface area (Å²) < 4.78 is 5.60. The Morgan fingerprint density at radius 3 is 2.21 bits per heavy atom. The average molecular weight is 391 g/mol. The van der Waals surface area contributed by atoms with E-state index in [0.29, 0.717) is 5.58 Å². The van der Waals surface area contributed by atoms with Crippen LogP contribution in [0.5, 0.6) is 0 Å². The van der Waals surface area contributed by atoms with Gasteiger partial charge in [0.1, 0.15) is 5.58 Å². The molecule has 140 valence electrons. The number of nitrogens with zero attached hydrogens (tertiary/aromatic N) is 2. The van der Waals surface area contributed by atoms with Crippen molar-refractivity contribution >= 4 is 44.7 Å². The van der Waals surface area contributed by atoms with Crippen LogP contribution in [0.1, 0.15) is 0 Å². The Bertz CT molecular complexity index is 1230. The second-order valence-electron chi connectivity index (χ2n) is 7.04. The van der Waals surface area contributed by atoms with E-state index in [1.165, 1.54) is 0 Å². The molecule has 1 saturated heterocycles. The van der Waals surface area contributed by atoms with Gasteiger partial charge in [-0.1, -0.05) is 54.1 Å². The van der Waals surface area contributed by atoms with Gasteiger partial charge in [-0.2, -0.15) is 0 Å². The lowest BCUT2D eigenvalue weighted by Crippen LogP contribution is -2.46. The monoisotopic (exact) mass is 390 g/mol. The number of hydrogen-bond donors (Lipinski definition) is 0. The number of para-hydroxylation sites is 1. The van der Waals surface area contributed by atoms with Crippen LogP contribution in [0.15, 0.2) is 75.9 Å². The van der Waals surface area contributed by atoms with Gasteiger partial charge in [-0.15, -0.1) is 0 Å². The summed E-state index contributed by atoms with van der Waals surface area (Å²) in [6.07, 6.45) is 0. The van der Waals surface area contributed by atoms with Crippen molar-refractivity contribution in [2.24, 2.45) is 0 Å². The maximum absolute atomic E-state index is 12.3. The second kappa shape index (κ2) is 6.88. The van der Waals surface area contributed by atoms with Crippen molar-refractivity contribution in [3.8, 4) is 0 Å².